The Morgan fingerprint density at radius 3 is 2.77 bits per heavy atom. The zero-order chi connectivity index (χ0) is 15.4. The highest BCUT2D eigenvalue weighted by atomic mass is 32.1. The highest BCUT2D eigenvalue weighted by Crippen LogP contribution is 2.21. The molecule has 3 nitrogen and oxygen atoms in total. The molecular weight excluding hydrogens is 292 g/mol. The summed E-state index contributed by atoms with van der Waals surface area (Å²) in [5.74, 6) is -0.0221. The quantitative estimate of drug-likeness (QED) is 0.528. The molecule has 0 bridgehead atoms. The van der Waals surface area contributed by atoms with Gasteiger partial charge >= 0.3 is 0 Å². The van der Waals surface area contributed by atoms with Gasteiger partial charge in [-0.25, -0.2) is 0 Å². The molecule has 0 aliphatic heterocycles. The number of nitrogens with zero attached hydrogens (tertiary/aromatic N) is 2. The molecule has 0 radical (unpaired) electrons. The molecule has 2 heterocycles. The van der Waals surface area contributed by atoms with E-state index in [2.05, 4.69) is 41.5 Å². The molecule has 0 N–H and O–H groups in total. The molecule has 110 valence electrons. The van der Waals surface area contributed by atoms with E-state index in [1.54, 1.807) is 41.5 Å². The molecule has 3 rings (SSSR count). The van der Waals surface area contributed by atoms with Gasteiger partial charge in [-0.2, -0.15) is 5.10 Å². The van der Waals surface area contributed by atoms with Crippen LogP contribution in [0, 0.1) is 0 Å². The van der Waals surface area contributed by atoms with Crippen LogP contribution in [0.25, 0.3) is 6.08 Å². The molecule has 3 aromatic rings. The molecule has 0 atom stereocenters. The summed E-state index contributed by atoms with van der Waals surface area (Å²) in [6, 6.07) is 14.5. The highest BCUT2D eigenvalue weighted by molar-refractivity contribution is 7.12. The van der Waals surface area contributed by atoms with Crippen LogP contribution in [0.2, 0.25) is 0 Å². The number of hydrogen-bond donors (Lipinski definition) is 0. The van der Waals surface area contributed by atoms with Crippen molar-refractivity contribution in [2.45, 2.75) is 6.42 Å². The van der Waals surface area contributed by atoms with Crippen LogP contribution in [0.5, 0.6) is 0 Å². The second-order valence-corrected chi connectivity index (χ2v) is 6.27. The lowest BCUT2D eigenvalue weighted by molar-refractivity contribution is 0.104. The summed E-state index contributed by atoms with van der Waals surface area (Å²) in [6.07, 6.45) is 7.71. The van der Waals surface area contributed by atoms with Crippen LogP contribution in [0.4, 0.5) is 0 Å². The first-order valence-electron chi connectivity index (χ1n) is 7.04. The topological polar surface area (TPSA) is 34.9 Å². The van der Waals surface area contributed by atoms with E-state index in [-0.39, 0.29) is 5.78 Å². The normalized spacial score (nSPS) is 11.1. The minimum absolute atomic E-state index is 0.0221. The van der Waals surface area contributed by atoms with Gasteiger partial charge in [0.15, 0.2) is 5.78 Å². The van der Waals surface area contributed by atoms with Crippen LogP contribution in [0.1, 0.15) is 25.7 Å². The lowest BCUT2D eigenvalue weighted by Crippen LogP contribution is -1.91. The predicted molar refractivity (Wildman–Crippen MR) is 90.1 cm³/mol. The molecule has 2 aromatic heterocycles. The number of rotatable bonds is 5. The molecule has 0 aliphatic carbocycles. The van der Waals surface area contributed by atoms with E-state index in [0.29, 0.717) is 5.56 Å². The van der Waals surface area contributed by atoms with Crippen molar-refractivity contribution in [3.63, 3.8) is 0 Å². The number of aryl methyl sites for hydroxylation is 1. The number of carbonyl (C=O) groups is 1. The van der Waals surface area contributed by atoms with Gasteiger partial charge in [-0.1, -0.05) is 30.3 Å². The fourth-order valence-electron chi connectivity index (χ4n) is 2.18. The minimum atomic E-state index is -0.0221. The molecule has 4 heteroatoms. The Morgan fingerprint density at radius 2 is 2.05 bits per heavy atom. The van der Waals surface area contributed by atoms with Gasteiger partial charge in [-0.15, -0.1) is 11.3 Å². The van der Waals surface area contributed by atoms with Crippen LogP contribution >= 0.6 is 11.3 Å². The highest BCUT2D eigenvalue weighted by Gasteiger charge is 2.04. The molecule has 0 unspecified atom stereocenters. The van der Waals surface area contributed by atoms with Crippen LogP contribution in [-0.2, 0) is 13.5 Å². The van der Waals surface area contributed by atoms with Crippen molar-refractivity contribution in [1.29, 1.82) is 0 Å². The first kappa shape index (κ1) is 14.5. The Hall–Kier alpha value is -2.46. The Balaban J connectivity index is 1.66. The Morgan fingerprint density at radius 1 is 1.23 bits per heavy atom. The number of hydrogen-bond acceptors (Lipinski definition) is 3. The van der Waals surface area contributed by atoms with Gasteiger partial charge in [0.1, 0.15) is 0 Å². The van der Waals surface area contributed by atoms with E-state index in [1.807, 2.05) is 12.1 Å². The van der Waals surface area contributed by atoms with Crippen molar-refractivity contribution in [3.8, 4) is 0 Å². The lowest BCUT2D eigenvalue weighted by Gasteiger charge is -1.96. The zero-order valence-electron chi connectivity index (χ0n) is 12.3. The fraction of sp³-hybridized carbons (Fsp3) is 0.111. The summed E-state index contributed by atoms with van der Waals surface area (Å²) in [5.41, 5.74) is 1.91. The largest absolute Gasteiger partial charge is 0.289 e. The average molecular weight is 308 g/mol. The molecule has 0 fully saturated rings. The maximum atomic E-state index is 12.0. The molecule has 0 saturated heterocycles. The van der Waals surface area contributed by atoms with Gasteiger partial charge in [0.2, 0.25) is 0 Å². The SMILES string of the molecule is Cn1cc(C(=O)/C=C/c2ccc(Cc3ccccc3)s2)cn1. The van der Waals surface area contributed by atoms with Crippen molar-refractivity contribution in [3.05, 3.63) is 81.8 Å². The third-order valence-electron chi connectivity index (χ3n) is 3.29. The van der Waals surface area contributed by atoms with Crippen molar-refractivity contribution in [2.24, 2.45) is 7.05 Å². The van der Waals surface area contributed by atoms with E-state index in [1.165, 1.54) is 10.4 Å². The predicted octanol–water partition coefficient (Wildman–Crippen LogP) is 3.97. The van der Waals surface area contributed by atoms with Gasteiger partial charge in [0.25, 0.3) is 0 Å². The van der Waals surface area contributed by atoms with Gasteiger partial charge in [0, 0.05) is 29.4 Å². The van der Waals surface area contributed by atoms with Gasteiger partial charge in [-0.05, 0) is 29.8 Å². The summed E-state index contributed by atoms with van der Waals surface area (Å²) >= 11 is 1.71. The van der Waals surface area contributed by atoms with Crippen LogP contribution in [0.15, 0.2) is 60.9 Å². The first-order chi connectivity index (χ1) is 10.7. The summed E-state index contributed by atoms with van der Waals surface area (Å²) in [4.78, 5) is 14.4. The molecular formula is C18H16N2OS. The van der Waals surface area contributed by atoms with E-state index in [0.717, 1.165) is 11.3 Å². The van der Waals surface area contributed by atoms with Crippen LogP contribution in [-0.4, -0.2) is 15.6 Å². The first-order valence-corrected chi connectivity index (χ1v) is 7.86. The van der Waals surface area contributed by atoms with Crippen molar-refractivity contribution < 1.29 is 4.79 Å². The van der Waals surface area contributed by atoms with Gasteiger partial charge in [-0.3, -0.25) is 9.48 Å². The van der Waals surface area contributed by atoms with Crippen molar-refractivity contribution in [1.82, 2.24) is 9.78 Å². The number of ketones is 1. The third-order valence-corrected chi connectivity index (χ3v) is 4.34. The average Bonchev–Trinajstić information content (AvgIpc) is 3.15. The smallest absolute Gasteiger partial charge is 0.189 e. The Labute approximate surface area is 133 Å². The minimum Gasteiger partial charge on any atom is -0.289 e. The third kappa shape index (κ3) is 3.59. The standard InChI is InChI=1S/C18H16N2OS/c1-20-13-15(12-19-20)18(21)10-9-16-7-8-17(22-16)11-14-5-3-2-4-6-14/h2-10,12-13H,11H2,1H3/b10-9+. The van der Waals surface area contributed by atoms with Gasteiger partial charge in [0.05, 0.1) is 11.8 Å². The Kier molecular flexibility index (Phi) is 4.30. The second kappa shape index (κ2) is 6.54. The summed E-state index contributed by atoms with van der Waals surface area (Å²) in [6.45, 7) is 0. The molecule has 0 amide bonds. The molecule has 0 saturated carbocycles. The van der Waals surface area contributed by atoms with E-state index >= 15 is 0 Å². The number of carbonyl (C=O) groups excluding carboxylic acids is 1. The second-order valence-electron chi connectivity index (χ2n) is 5.07. The maximum absolute atomic E-state index is 12.0. The summed E-state index contributed by atoms with van der Waals surface area (Å²) < 4.78 is 1.63. The molecule has 0 spiro atoms. The lowest BCUT2D eigenvalue weighted by atomic mass is 10.1. The number of thiophene rings is 1. The van der Waals surface area contributed by atoms with Crippen molar-refractivity contribution in [2.75, 3.05) is 0 Å². The molecule has 1 aromatic carbocycles. The number of aromatic nitrogens is 2. The van der Waals surface area contributed by atoms with E-state index < -0.39 is 0 Å². The molecule has 0 aliphatic rings. The number of allylic oxidation sites excluding steroid dienone is 1. The summed E-state index contributed by atoms with van der Waals surface area (Å²) in [7, 11) is 1.80. The Bertz CT molecular complexity index is 799. The monoisotopic (exact) mass is 308 g/mol. The van der Waals surface area contributed by atoms with Crippen LogP contribution < -0.4 is 0 Å². The van der Waals surface area contributed by atoms with Crippen LogP contribution in [0.3, 0.4) is 0 Å². The van der Waals surface area contributed by atoms with Gasteiger partial charge < -0.3 is 0 Å². The number of benzene rings is 1. The summed E-state index contributed by atoms with van der Waals surface area (Å²) in [5, 5.41) is 4.01. The maximum Gasteiger partial charge on any atom is 0.189 e. The van der Waals surface area contributed by atoms with Crippen molar-refractivity contribution >= 4 is 23.2 Å². The fourth-order valence-corrected chi connectivity index (χ4v) is 3.13. The zero-order valence-corrected chi connectivity index (χ0v) is 13.1. The molecule has 22 heavy (non-hydrogen) atoms. The van der Waals surface area contributed by atoms with E-state index in [4.69, 9.17) is 0 Å². The van der Waals surface area contributed by atoms with E-state index in [9.17, 15) is 4.79 Å².